The number of ether oxygens (including phenoxy) is 2. The summed E-state index contributed by atoms with van der Waals surface area (Å²) in [7, 11) is 0. The van der Waals surface area contributed by atoms with E-state index >= 15 is 0 Å². The van der Waals surface area contributed by atoms with E-state index in [9.17, 15) is 14.0 Å². The molecule has 0 saturated heterocycles. The zero-order valence-electron chi connectivity index (χ0n) is 13.5. The van der Waals surface area contributed by atoms with Crippen molar-refractivity contribution >= 4 is 11.9 Å². The smallest absolute Gasteiger partial charge is 0.313 e. The van der Waals surface area contributed by atoms with Crippen LogP contribution in [-0.2, 0) is 19.1 Å². The summed E-state index contributed by atoms with van der Waals surface area (Å²) in [6.45, 7) is 7.19. The summed E-state index contributed by atoms with van der Waals surface area (Å²) in [6.07, 6.45) is 0.170. The zero-order chi connectivity index (χ0) is 16.8. The third-order valence-electron chi connectivity index (χ3n) is 2.91. The SMILES string of the molecule is CCOC(=O)C(CCC(=O)OC(C)(C)C)c1ccccc1F. The van der Waals surface area contributed by atoms with Gasteiger partial charge in [0.1, 0.15) is 11.4 Å². The van der Waals surface area contributed by atoms with Gasteiger partial charge in [0.2, 0.25) is 0 Å². The number of carbonyl (C=O) groups is 2. The Bertz CT molecular complexity index is 520. The number of halogens is 1. The van der Waals surface area contributed by atoms with E-state index in [0.717, 1.165) is 0 Å². The Morgan fingerprint density at radius 3 is 2.41 bits per heavy atom. The van der Waals surface area contributed by atoms with Crippen LogP contribution in [0, 0.1) is 5.82 Å². The molecule has 4 nitrogen and oxygen atoms in total. The Labute approximate surface area is 130 Å². The van der Waals surface area contributed by atoms with E-state index in [4.69, 9.17) is 9.47 Å². The molecule has 0 fully saturated rings. The van der Waals surface area contributed by atoms with E-state index in [0.29, 0.717) is 0 Å². The first kappa shape index (κ1) is 18.1. The van der Waals surface area contributed by atoms with Gasteiger partial charge in [0.25, 0.3) is 0 Å². The van der Waals surface area contributed by atoms with Crippen LogP contribution >= 0.6 is 0 Å². The topological polar surface area (TPSA) is 52.6 Å². The van der Waals surface area contributed by atoms with Gasteiger partial charge in [0.05, 0.1) is 12.5 Å². The van der Waals surface area contributed by atoms with Gasteiger partial charge in [-0.3, -0.25) is 9.59 Å². The lowest BCUT2D eigenvalue weighted by atomic mass is 9.93. The van der Waals surface area contributed by atoms with Gasteiger partial charge in [-0.2, -0.15) is 0 Å². The predicted molar refractivity (Wildman–Crippen MR) is 80.9 cm³/mol. The highest BCUT2D eigenvalue weighted by Crippen LogP contribution is 2.26. The molecule has 0 heterocycles. The average molecular weight is 310 g/mol. The molecule has 1 aromatic carbocycles. The van der Waals surface area contributed by atoms with E-state index in [1.807, 2.05) is 0 Å². The van der Waals surface area contributed by atoms with Crippen molar-refractivity contribution in [1.29, 1.82) is 0 Å². The summed E-state index contributed by atoms with van der Waals surface area (Å²) in [5.74, 6) is -2.24. The molecule has 0 aliphatic carbocycles. The van der Waals surface area contributed by atoms with Crippen LogP contribution < -0.4 is 0 Å². The van der Waals surface area contributed by atoms with Crippen LogP contribution in [0.25, 0.3) is 0 Å². The Morgan fingerprint density at radius 1 is 1.23 bits per heavy atom. The molecule has 22 heavy (non-hydrogen) atoms. The fraction of sp³-hybridized carbons (Fsp3) is 0.529. The van der Waals surface area contributed by atoms with Crippen molar-refractivity contribution < 1.29 is 23.5 Å². The molecule has 0 spiro atoms. The Kier molecular flexibility index (Phi) is 6.53. The first-order valence-electron chi connectivity index (χ1n) is 7.37. The van der Waals surface area contributed by atoms with Gasteiger partial charge in [0.15, 0.2) is 0 Å². The maximum atomic E-state index is 13.9. The van der Waals surface area contributed by atoms with Crippen LogP contribution in [-0.4, -0.2) is 24.1 Å². The number of hydrogen-bond donors (Lipinski definition) is 0. The molecule has 1 aromatic rings. The monoisotopic (exact) mass is 310 g/mol. The second-order valence-corrected chi connectivity index (χ2v) is 5.95. The number of benzene rings is 1. The van der Waals surface area contributed by atoms with Crippen LogP contribution in [0.2, 0.25) is 0 Å². The minimum Gasteiger partial charge on any atom is -0.466 e. The molecule has 1 unspecified atom stereocenters. The molecule has 0 radical (unpaired) electrons. The van der Waals surface area contributed by atoms with Crippen molar-refractivity contribution in [3.8, 4) is 0 Å². The van der Waals surface area contributed by atoms with Gasteiger partial charge < -0.3 is 9.47 Å². The molecule has 1 atom stereocenters. The van der Waals surface area contributed by atoms with Crippen LogP contribution in [0.3, 0.4) is 0 Å². The van der Waals surface area contributed by atoms with Crippen LogP contribution in [0.5, 0.6) is 0 Å². The molecular weight excluding hydrogens is 287 g/mol. The van der Waals surface area contributed by atoms with E-state index in [2.05, 4.69) is 0 Å². The van der Waals surface area contributed by atoms with E-state index in [1.54, 1.807) is 39.8 Å². The molecule has 0 aromatic heterocycles. The number of esters is 2. The van der Waals surface area contributed by atoms with Gasteiger partial charge in [-0.15, -0.1) is 0 Å². The molecular formula is C17H23FO4. The average Bonchev–Trinajstić information content (AvgIpc) is 2.39. The Morgan fingerprint density at radius 2 is 1.86 bits per heavy atom. The lowest BCUT2D eigenvalue weighted by molar-refractivity contribution is -0.155. The zero-order valence-corrected chi connectivity index (χ0v) is 13.5. The van der Waals surface area contributed by atoms with Crippen LogP contribution in [0.1, 0.15) is 52.0 Å². The minimum absolute atomic E-state index is 0.0229. The van der Waals surface area contributed by atoms with Gasteiger partial charge in [-0.25, -0.2) is 4.39 Å². The maximum Gasteiger partial charge on any atom is 0.313 e. The normalized spacial score (nSPS) is 12.6. The second-order valence-electron chi connectivity index (χ2n) is 5.95. The Hall–Kier alpha value is -1.91. The molecule has 1 rings (SSSR count). The first-order chi connectivity index (χ1) is 10.2. The van der Waals surface area contributed by atoms with Crippen molar-refractivity contribution in [3.05, 3.63) is 35.6 Å². The second kappa shape index (κ2) is 7.92. The van der Waals surface area contributed by atoms with Crippen LogP contribution in [0.4, 0.5) is 4.39 Å². The number of rotatable bonds is 6. The molecule has 0 N–H and O–H groups in total. The molecule has 0 amide bonds. The minimum atomic E-state index is -0.811. The predicted octanol–water partition coefficient (Wildman–Crippen LogP) is 3.59. The van der Waals surface area contributed by atoms with Gasteiger partial charge >= 0.3 is 11.9 Å². The Balaban J connectivity index is 2.82. The van der Waals surface area contributed by atoms with Gasteiger partial charge in [0, 0.05) is 12.0 Å². The summed E-state index contributed by atoms with van der Waals surface area (Å²) in [4.78, 5) is 23.8. The number of carbonyl (C=O) groups excluding carboxylic acids is 2. The standard InChI is InChI=1S/C17H23FO4/c1-5-21-16(20)13(12-8-6-7-9-14(12)18)10-11-15(19)22-17(2,3)4/h6-9,13H,5,10-11H2,1-4H3. The highest BCUT2D eigenvalue weighted by molar-refractivity contribution is 5.79. The van der Waals surface area contributed by atoms with Crippen molar-refractivity contribution in [1.82, 2.24) is 0 Å². The third-order valence-corrected chi connectivity index (χ3v) is 2.91. The first-order valence-corrected chi connectivity index (χ1v) is 7.37. The summed E-state index contributed by atoms with van der Waals surface area (Å²) in [5.41, 5.74) is -0.348. The largest absolute Gasteiger partial charge is 0.466 e. The lowest BCUT2D eigenvalue weighted by Gasteiger charge is -2.21. The van der Waals surface area contributed by atoms with Gasteiger partial charge in [-0.05, 0) is 40.2 Å². The molecule has 122 valence electrons. The summed E-state index contributed by atoms with van der Waals surface area (Å²) < 4.78 is 24.1. The summed E-state index contributed by atoms with van der Waals surface area (Å²) >= 11 is 0. The van der Waals surface area contributed by atoms with Gasteiger partial charge in [-0.1, -0.05) is 18.2 Å². The highest BCUT2D eigenvalue weighted by Gasteiger charge is 2.26. The number of hydrogen-bond acceptors (Lipinski definition) is 4. The lowest BCUT2D eigenvalue weighted by Crippen LogP contribution is -2.25. The van der Waals surface area contributed by atoms with Crippen molar-refractivity contribution in [2.45, 2.75) is 52.1 Å². The fourth-order valence-electron chi connectivity index (χ4n) is 2.06. The fourth-order valence-corrected chi connectivity index (χ4v) is 2.06. The van der Waals surface area contributed by atoms with Crippen molar-refractivity contribution in [3.63, 3.8) is 0 Å². The highest BCUT2D eigenvalue weighted by atomic mass is 19.1. The molecule has 0 bridgehead atoms. The summed E-state index contributed by atoms with van der Waals surface area (Å²) in [5, 5.41) is 0. The van der Waals surface area contributed by atoms with Crippen molar-refractivity contribution in [2.75, 3.05) is 6.61 Å². The molecule has 0 aliphatic heterocycles. The van der Waals surface area contributed by atoms with Crippen molar-refractivity contribution in [2.24, 2.45) is 0 Å². The molecule has 5 heteroatoms. The van der Waals surface area contributed by atoms with E-state index < -0.39 is 29.3 Å². The van der Waals surface area contributed by atoms with E-state index in [-0.39, 0.29) is 25.0 Å². The van der Waals surface area contributed by atoms with E-state index in [1.165, 1.54) is 12.1 Å². The molecule has 0 aliphatic rings. The summed E-state index contributed by atoms with van der Waals surface area (Å²) in [6, 6.07) is 6.02. The van der Waals surface area contributed by atoms with Crippen LogP contribution in [0.15, 0.2) is 24.3 Å². The maximum absolute atomic E-state index is 13.9. The quantitative estimate of drug-likeness (QED) is 0.753. The molecule has 0 saturated carbocycles. The third kappa shape index (κ3) is 5.84.